The highest BCUT2D eigenvalue weighted by atomic mass is 16.5. The number of esters is 2. The molecule has 130 valence electrons. The van der Waals surface area contributed by atoms with Crippen LogP contribution in [0.3, 0.4) is 0 Å². The largest absolute Gasteiger partial charge is 0.427 e. The van der Waals surface area contributed by atoms with E-state index in [1.54, 1.807) is 42.5 Å². The Morgan fingerprint density at radius 1 is 1.00 bits per heavy atom. The van der Waals surface area contributed by atoms with Crippen LogP contribution in [0.5, 0.6) is 11.5 Å². The van der Waals surface area contributed by atoms with Gasteiger partial charge in [-0.1, -0.05) is 18.7 Å². The summed E-state index contributed by atoms with van der Waals surface area (Å²) in [5, 5.41) is 0.669. The number of carbonyl (C=O) groups excluding carboxylic acids is 2. The van der Waals surface area contributed by atoms with Crippen LogP contribution in [0.15, 0.2) is 70.4 Å². The summed E-state index contributed by atoms with van der Waals surface area (Å²) in [5.74, 6) is -0.378. The van der Waals surface area contributed by atoms with Crippen molar-refractivity contribution in [1.82, 2.24) is 0 Å². The molecule has 26 heavy (non-hydrogen) atoms. The highest BCUT2D eigenvalue weighted by molar-refractivity contribution is 5.86. The molecule has 0 saturated carbocycles. The predicted octanol–water partition coefficient (Wildman–Crippen LogP) is 3.48. The Kier molecular flexibility index (Phi) is 4.66. The zero-order valence-electron chi connectivity index (χ0n) is 13.9. The summed E-state index contributed by atoms with van der Waals surface area (Å²) >= 11 is 0. The molecule has 0 amide bonds. The van der Waals surface area contributed by atoms with Gasteiger partial charge in [0.1, 0.15) is 17.1 Å². The van der Waals surface area contributed by atoms with Crippen molar-refractivity contribution in [3.05, 3.63) is 71.6 Å². The average Bonchev–Trinajstić information content (AvgIpc) is 2.61. The van der Waals surface area contributed by atoms with E-state index in [1.165, 1.54) is 13.0 Å². The van der Waals surface area contributed by atoms with Gasteiger partial charge in [0.25, 0.3) is 0 Å². The first-order valence-electron chi connectivity index (χ1n) is 7.67. The van der Waals surface area contributed by atoms with Crippen molar-refractivity contribution >= 4 is 22.9 Å². The summed E-state index contributed by atoms with van der Waals surface area (Å²) in [7, 11) is 0. The zero-order valence-corrected chi connectivity index (χ0v) is 13.9. The molecule has 6 heteroatoms. The summed E-state index contributed by atoms with van der Waals surface area (Å²) in [6.45, 7) is 4.64. The van der Waals surface area contributed by atoms with E-state index in [1.807, 2.05) is 0 Å². The Bertz CT molecular complexity index is 1060. The van der Waals surface area contributed by atoms with Crippen molar-refractivity contribution < 1.29 is 23.5 Å². The number of benzene rings is 2. The van der Waals surface area contributed by atoms with Crippen LogP contribution in [0, 0.1) is 0 Å². The van der Waals surface area contributed by atoms with Crippen LogP contribution in [-0.4, -0.2) is 11.9 Å². The monoisotopic (exact) mass is 350 g/mol. The molecule has 0 spiro atoms. The molecule has 0 aliphatic carbocycles. The molecule has 1 aromatic heterocycles. The molecule has 3 rings (SSSR count). The van der Waals surface area contributed by atoms with E-state index in [0.29, 0.717) is 27.8 Å². The smallest absolute Gasteiger partial charge is 0.344 e. The van der Waals surface area contributed by atoms with E-state index >= 15 is 0 Å². The molecule has 0 bridgehead atoms. The number of rotatable bonds is 4. The molecular formula is C20H14O6. The van der Waals surface area contributed by atoms with Crippen LogP contribution >= 0.6 is 0 Å². The molecule has 6 nitrogen and oxygen atoms in total. The molecule has 1 heterocycles. The third kappa shape index (κ3) is 3.70. The van der Waals surface area contributed by atoms with Gasteiger partial charge in [0, 0.05) is 24.5 Å². The normalized spacial score (nSPS) is 10.3. The maximum absolute atomic E-state index is 12.3. The lowest BCUT2D eigenvalue weighted by molar-refractivity contribution is -0.132. The topological polar surface area (TPSA) is 82.8 Å². The Labute approximate surface area is 148 Å². The van der Waals surface area contributed by atoms with Crippen molar-refractivity contribution in [2.45, 2.75) is 6.92 Å². The SMILES string of the molecule is C=CC(=O)Oc1ccc2cc(-c3ccc(OC(C)=O)cc3)c(=O)oc2c1. The van der Waals surface area contributed by atoms with Gasteiger partial charge in [0.05, 0.1) is 5.56 Å². The summed E-state index contributed by atoms with van der Waals surface area (Å²) in [6.07, 6.45) is 1.04. The van der Waals surface area contributed by atoms with Gasteiger partial charge in [-0.05, 0) is 35.9 Å². The van der Waals surface area contributed by atoms with Crippen LogP contribution in [0.2, 0.25) is 0 Å². The predicted molar refractivity (Wildman–Crippen MR) is 95.1 cm³/mol. The summed E-state index contributed by atoms with van der Waals surface area (Å²) < 4.78 is 15.3. The van der Waals surface area contributed by atoms with Gasteiger partial charge < -0.3 is 13.9 Å². The minimum atomic E-state index is -0.601. The van der Waals surface area contributed by atoms with Crippen LogP contribution in [0.1, 0.15) is 6.92 Å². The molecule has 0 atom stereocenters. The maximum Gasteiger partial charge on any atom is 0.344 e. The first-order chi connectivity index (χ1) is 12.5. The van der Waals surface area contributed by atoms with Crippen LogP contribution in [-0.2, 0) is 9.59 Å². The standard InChI is InChI=1S/C20H14O6/c1-3-19(22)25-16-9-6-14-10-17(20(23)26-18(14)11-16)13-4-7-15(8-5-13)24-12(2)21/h3-11H,1H2,2H3. The van der Waals surface area contributed by atoms with Crippen LogP contribution in [0.25, 0.3) is 22.1 Å². The second-order valence-corrected chi connectivity index (χ2v) is 5.39. The first-order valence-corrected chi connectivity index (χ1v) is 7.67. The van der Waals surface area contributed by atoms with Gasteiger partial charge in [0.2, 0.25) is 0 Å². The highest BCUT2D eigenvalue weighted by Crippen LogP contribution is 2.25. The number of fused-ring (bicyclic) bond motifs is 1. The quantitative estimate of drug-likeness (QED) is 0.310. The second kappa shape index (κ2) is 7.06. The first kappa shape index (κ1) is 17.2. The molecule has 2 aromatic carbocycles. The van der Waals surface area contributed by atoms with Gasteiger partial charge in [-0.15, -0.1) is 0 Å². The van der Waals surface area contributed by atoms with E-state index in [4.69, 9.17) is 13.9 Å². The lowest BCUT2D eigenvalue weighted by atomic mass is 10.1. The van der Waals surface area contributed by atoms with E-state index < -0.39 is 17.6 Å². The molecule has 0 aliphatic heterocycles. The van der Waals surface area contributed by atoms with Crippen molar-refractivity contribution in [3.63, 3.8) is 0 Å². The molecule has 3 aromatic rings. The van der Waals surface area contributed by atoms with Crippen molar-refractivity contribution in [2.75, 3.05) is 0 Å². The molecule has 0 unspecified atom stereocenters. The summed E-state index contributed by atoms with van der Waals surface area (Å²) in [6, 6.07) is 12.9. The third-order valence-electron chi connectivity index (χ3n) is 3.52. The minimum absolute atomic E-state index is 0.254. The fourth-order valence-corrected chi connectivity index (χ4v) is 2.38. The van der Waals surface area contributed by atoms with E-state index in [9.17, 15) is 14.4 Å². The molecular weight excluding hydrogens is 336 g/mol. The summed E-state index contributed by atoms with van der Waals surface area (Å²) in [5.41, 5.74) is 0.746. The molecule has 0 fully saturated rings. The Balaban J connectivity index is 1.97. The fraction of sp³-hybridized carbons (Fsp3) is 0.0500. The van der Waals surface area contributed by atoms with Gasteiger partial charge in [-0.2, -0.15) is 0 Å². The number of ether oxygens (including phenoxy) is 2. The van der Waals surface area contributed by atoms with Crippen molar-refractivity contribution in [2.24, 2.45) is 0 Å². The average molecular weight is 350 g/mol. The second-order valence-electron chi connectivity index (χ2n) is 5.39. The molecule has 0 N–H and O–H groups in total. The Hall–Kier alpha value is -3.67. The van der Waals surface area contributed by atoms with Gasteiger partial charge >= 0.3 is 17.6 Å². The van der Waals surface area contributed by atoms with Crippen LogP contribution < -0.4 is 15.1 Å². The summed E-state index contributed by atoms with van der Waals surface area (Å²) in [4.78, 5) is 34.5. The van der Waals surface area contributed by atoms with Gasteiger partial charge in [-0.25, -0.2) is 9.59 Å². The van der Waals surface area contributed by atoms with E-state index in [-0.39, 0.29) is 5.75 Å². The third-order valence-corrected chi connectivity index (χ3v) is 3.52. The number of carbonyl (C=O) groups is 2. The highest BCUT2D eigenvalue weighted by Gasteiger charge is 2.10. The molecule has 0 aliphatic rings. The lowest BCUT2D eigenvalue weighted by Gasteiger charge is -2.06. The van der Waals surface area contributed by atoms with Crippen molar-refractivity contribution in [1.29, 1.82) is 0 Å². The van der Waals surface area contributed by atoms with Crippen molar-refractivity contribution in [3.8, 4) is 22.6 Å². The maximum atomic E-state index is 12.3. The Morgan fingerprint density at radius 3 is 2.35 bits per heavy atom. The lowest BCUT2D eigenvalue weighted by Crippen LogP contribution is -2.05. The minimum Gasteiger partial charge on any atom is -0.427 e. The zero-order chi connectivity index (χ0) is 18.7. The number of hydrogen-bond acceptors (Lipinski definition) is 6. The molecule has 0 radical (unpaired) electrons. The Morgan fingerprint density at radius 2 is 1.69 bits per heavy atom. The van der Waals surface area contributed by atoms with Gasteiger partial charge in [0.15, 0.2) is 0 Å². The molecule has 0 saturated heterocycles. The number of hydrogen-bond donors (Lipinski definition) is 0. The fourth-order valence-electron chi connectivity index (χ4n) is 2.38. The van der Waals surface area contributed by atoms with Gasteiger partial charge in [-0.3, -0.25) is 4.79 Å². The van der Waals surface area contributed by atoms with E-state index in [2.05, 4.69) is 6.58 Å². The van der Waals surface area contributed by atoms with E-state index in [0.717, 1.165) is 6.08 Å². The van der Waals surface area contributed by atoms with Crippen LogP contribution in [0.4, 0.5) is 0 Å².